The van der Waals surface area contributed by atoms with Gasteiger partial charge in [0.25, 0.3) is 5.91 Å². The van der Waals surface area contributed by atoms with Crippen molar-refractivity contribution < 1.29 is 19.1 Å². The van der Waals surface area contributed by atoms with Gasteiger partial charge in [0.1, 0.15) is 12.3 Å². The minimum Gasteiger partial charge on any atom is -0.491 e. The minimum atomic E-state index is -0.288. The monoisotopic (exact) mass is 633 g/mol. The molecule has 2 bridgehead atoms. The number of para-hydroxylation sites is 2. The minimum absolute atomic E-state index is 0.0111. The lowest BCUT2D eigenvalue weighted by molar-refractivity contribution is -0.122. The maximum Gasteiger partial charge on any atom is 0.255 e. The highest BCUT2D eigenvalue weighted by molar-refractivity contribution is 7.09. The highest BCUT2D eigenvalue weighted by Gasteiger charge is 2.23. The number of hydrogen-bond donors (Lipinski definition) is 2. The van der Waals surface area contributed by atoms with Crippen molar-refractivity contribution in [3.8, 4) is 5.75 Å². The van der Waals surface area contributed by atoms with Crippen LogP contribution in [-0.4, -0.2) is 76.9 Å². The van der Waals surface area contributed by atoms with Crippen LogP contribution in [0.2, 0.25) is 0 Å². The molecule has 11 nitrogen and oxygen atoms in total. The first-order valence-electron chi connectivity index (χ1n) is 14.6. The molecule has 230 valence electrons. The molecular formula is C31H35N7O4S2. The summed E-state index contributed by atoms with van der Waals surface area (Å²) in [5.74, 6) is -0.0597. The van der Waals surface area contributed by atoms with E-state index in [2.05, 4.69) is 25.6 Å². The van der Waals surface area contributed by atoms with E-state index in [1.165, 1.54) is 6.20 Å². The third kappa shape index (κ3) is 8.83. The van der Waals surface area contributed by atoms with Crippen LogP contribution >= 0.6 is 22.7 Å². The van der Waals surface area contributed by atoms with Gasteiger partial charge in [-0.1, -0.05) is 12.1 Å². The van der Waals surface area contributed by atoms with E-state index in [9.17, 15) is 14.4 Å². The van der Waals surface area contributed by atoms with Crippen LogP contribution in [0, 0.1) is 0 Å². The Labute approximate surface area is 264 Å². The topological polar surface area (TPSA) is 130 Å². The molecule has 0 fully saturated rings. The number of nitrogens with zero attached hydrogens (tertiary/aromatic N) is 5. The summed E-state index contributed by atoms with van der Waals surface area (Å²) < 4.78 is 6.18. The van der Waals surface area contributed by atoms with Crippen molar-refractivity contribution in [3.63, 3.8) is 0 Å². The smallest absolute Gasteiger partial charge is 0.255 e. The quantitative estimate of drug-likeness (QED) is 0.270. The van der Waals surface area contributed by atoms with Gasteiger partial charge in [0.15, 0.2) is 0 Å². The fourth-order valence-electron chi connectivity index (χ4n) is 4.81. The van der Waals surface area contributed by atoms with E-state index >= 15 is 0 Å². The van der Waals surface area contributed by atoms with Crippen molar-refractivity contribution in [1.82, 2.24) is 30.5 Å². The van der Waals surface area contributed by atoms with E-state index in [-0.39, 0.29) is 30.8 Å². The summed E-state index contributed by atoms with van der Waals surface area (Å²) in [5.41, 5.74) is 1.59. The molecule has 5 rings (SSSR count). The summed E-state index contributed by atoms with van der Waals surface area (Å²) in [4.78, 5) is 56.0. The van der Waals surface area contributed by atoms with Crippen molar-refractivity contribution in [1.29, 1.82) is 0 Å². The van der Waals surface area contributed by atoms with Crippen LogP contribution in [0.1, 0.15) is 39.6 Å². The summed E-state index contributed by atoms with van der Waals surface area (Å²) in [5, 5.41) is 11.6. The number of anilines is 2. The molecule has 0 saturated heterocycles. The van der Waals surface area contributed by atoms with E-state index in [4.69, 9.17) is 4.74 Å². The summed E-state index contributed by atoms with van der Waals surface area (Å²) in [6.07, 6.45) is 10.2. The molecule has 1 aliphatic heterocycles. The Morgan fingerprint density at radius 2 is 1.59 bits per heavy atom. The number of carbonyl (C=O) groups is 3. The normalized spacial score (nSPS) is 13.9. The summed E-state index contributed by atoms with van der Waals surface area (Å²) in [6.45, 7) is 1.73. The molecule has 2 N–H and O–H groups in total. The number of amides is 3. The van der Waals surface area contributed by atoms with Crippen molar-refractivity contribution in [3.05, 3.63) is 81.5 Å². The van der Waals surface area contributed by atoms with Crippen LogP contribution in [0.5, 0.6) is 5.75 Å². The van der Waals surface area contributed by atoms with Gasteiger partial charge in [0.05, 0.1) is 46.3 Å². The second kappa shape index (κ2) is 15.9. The Morgan fingerprint density at radius 3 is 2.30 bits per heavy atom. The van der Waals surface area contributed by atoms with Crippen molar-refractivity contribution in [2.45, 2.75) is 32.1 Å². The van der Waals surface area contributed by atoms with E-state index in [1.54, 1.807) is 57.1 Å². The molecule has 13 heteroatoms. The predicted molar refractivity (Wildman–Crippen MR) is 171 cm³/mol. The molecule has 0 atom stereocenters. The highest BCUT2D eigenvalue weighted by Crippen LogP contribution is 2.34. The van der Waals surface area contributed by atoms with Crippen LogP contribution in [0.25, 0.3) is 0 Å². The first-order valence-corrected chi connectivity index (χ1v) is 16.4. The van der Waals surface area contributed by atoms with Crippen LogP contribution < -0.4 is 20.3 Å². The molecule has 0 aliphatic carbocycles. The van der Waals surface area contributed by atoms with Crippen molar-refractivity contribution >= 4 is 51.8 Å². The summed E-state index contributed by atoms with van der Waals surface area (Å²) in [7, 11) is 0. The van der Waals surface area contributed by atoms with E-state index in [0.717, 1.165) is 29.3 Å². The van der Waals surface area contributed by atoms with Crippen LogP contribution in [-0.2, 0) is 22.4 Å². The second-order valence-corrected chi connectivity index (χ2v) is 12.1. The van der Waals surface area contributed by atoms with Gasteiger partial charge in [0, 0.05) is 61.8 Å². The van der Waals surface area contributed by atoms with Gasteiger partial charge in [-0.05, 0) is 37.5 Å². The summed E-state index contributed by atoms with van der Waals surface area (Å²) >= 11 is 3.09. The molecular weight excluding hydrogens is 599 g/mol. The van der Waals surface area contributed by atoms with Gasteiger partial charge in [-0.25, -0.2) is 9.97 Å². The molecule has 0 saturated carbocycles. The molecule has 0 unspecified atom stereocenters. The number of pyridine rings is 1. The molecule has 0 radical (unpaired) electrons. The van der Waals surface area contributed by atoms with Crippen LogP contribution in [0.3, 0.4) is 0 Å². The predicted octanol–water partition coefficient (Wildman–Crippen LogP) is 3.86. The average molecular weight is 634 g/mol. The molecule has 4 aromatic rings. The fourth-order valence-corrected chi connectivity index (χ4v) is 6.05. The van der Waals surface area contributed by atoms with Crippen LogP contribution in [0.15, 0.2) is 65.9 Å². The van der Waals surface area contributed by atoms with E-state index in [0.29, 0.717) is 61.8 Å². The average Bonchev–Trinajstić information content (AvgIpc) is 3.76. The maximum atomic E-state index is 13.8. The summed E-state index contributed by atoms with van der Waals surface area (Å²) in [6, 6.07) is 9.27. The van der Waals surface area contributed by atoms with E-state index < -0.39 is 0 Å². The van der Waals surface area contributed by atoms with Crippen molar-refractivity contribution in [2.75, 3.05) is 44.2 Å². The molecule has 3 aromatic heterocycles. The van der Waals surface area contributed by atoms with E-state index in [1.807, 2.05) is 35.0 Å². The fraction of sp³-hybridized carbons (Fsp3) is 0.355. The third-order valence-electron chi connectivity index (χ3n) is 6.98. The molecule has 3 amide bonds. The van der Waals surface area contributed by atoms with Gasteiger partial charge < -0.3 is 25.2 Å². The van der Waals surface area contributed by atoms with Crippen molar-refractivity contribution in [2.24, 2.45) is 0 Å². The number of ether oxygens (including phenoxy) is 1. The molecule has 44 heavy (non-hydrogen) atoms. The zero-order valence-corrected chi connectivity index (χ0v) is 25.9. The largest absolute Gasteiger partial charge is 0.491 e. The Bertz CT molecular complexity index is 1510. The SMILES string of the molecule is O=C(CN1CCCCCOc2ccccc2N(CC(=O)NCCc2nccs2)c2cncc(c2)C1=O)NCCc1nccs1. The number of benzene rings is 1. The standard InChI is InChI=1S/C31H35N7O4S2/c39-27(33-10-8-29-35-12-16-43-29)21-37-14-4-1-5-15-42-26-7-3-2-6-25(26)38(24-18-23(31(37)41)19-32-20-24)22-28(40)34-11-9-30-36-13-17-44-30/h2-3,6-7,12-13,16-20H,1,4-5,8-11,14-15,21-22H2,(H,33,39)(H,34,40). The highest BCUT2D eigenvalue weighted by atomic mass is 32.1. The third-order valence-corrected chi connectivity index (χ3v) is 8.66. The number of thiazole rings is 2. The Kier molecular flexibility index (Phi) is 11.2. The molecule has 0 spiro atoms. The first kappa shape index (κ1) is 31.1. The Balaban J connectivity index is 1.34. The Morgan fingerprint density at radius 1 is 0.886 bits per heavy atom. The molecule has 1 aromatic carbocycles. The number of fused-ring (bicyclic) bond motifs is 3. The number of aromatic nitrogens is 3. The first-order chi connectivity index (χ1) is 21.6. The zero-order valence-electron chi connectivity index (χ0n) is 24.3. The van der Waals surface area contributed by atoms with Gasteiger partial charge in [-0.15, -0.1) is 22.7 Å². The molecule has 4 heterocycles. The second-order valence-electron chi connectivity index (χ2n) is 10.2. The number of nitrogens with one attached hydrogen (secondary N) is 2. The lowest BCUT2D eigenvalue weighted by Crippen LogP contribution is -2.42. The number of carbonyl (C=O) groups excluding carboxylic acids is 3. The Hall–Kier alpha value is -4.36. The van der Waals surface area contributed by atoms with Gasteiger partial charge >= 0.3 is 0 Å². The van der Waals surface area contributed by atoms with Crippen LogP contribution in [0.4, 0.5) is 11.4 Å². The van der Waals surface area contributed by atoms with Gasteiger partial charge in [0.2, 0.25) is 11.8 Å². The number of rotatable bonds is 10. The maximum absolute atomic E-state index is 13.8. The zero-order chi connectivity index (χ0) is 30.6. The van der Waals surface area contributed by atoms with Gasteiger partial charge in [-0.2, -0.15) is 0 Å². The number of hydrogen-bond acceptors (Lipinski definition) is 10. The van der Waals surface area contributed by atoms with Gasteiger partial charge in [-0.3, -0.25) is 19.4 Å². The lowest BCUT2D eigenvalue weighted by Gasteiger charge is -2.28. The lowest BCUT2D eigenvalue weighted by atomic mass is 10.1. The molecule has 1 aliphatic rings.